The molecule has 0 spiro atoms. The van der Waals surface area contributed by atoms with Gasteiger partial charge in [-0.2, -0.15) is 0 Å². The van der Waals surface area contributed by atoms with Gasteiger partial charge in [0, 0.05) is 61.9 Å². The lowest BCUT2D eigenvalue weighted by molar-refractivity contribution is -0.653. The summed E-state index contributed by atoms with van der Waals surface area (Å²) in [4.78, 5) is 36.7. The minimum atomic E-state index is -0.158. The van der Waals surface area contributed by atoms with Crippen molar-refractivity contribution < 1.29 is 19.1 Å². The van der Waals surface area contributed by atoms with E-state index in [1.54, 1.807) is 0 Å². The molecule has 9 nitrogen and oxygen atoms in total. The Bertz CT molecular complexity index is 1010. The molecule has 3 amide bonds. The first-order valence-corrected chi connectivity index (χ1v) is 16.9. The Labute approximate surface area is 255 Å². The Balaban J connectivity index is 0.000000145. The van der Waals surface area contributed by atoms with Gasteiger partial charge in [0.2, 0.25) is 11.8 Å². The molecule has 5 fully saturated rings. The number of rotatable bonds is 3. The lowest BCUT2D eigenvalue weighted by Crippen LogP contribution is -2.56. The van der Waals surface area contributed by atoms with Gasteiger partial charge in [0.15, 0.2) is 12.8 Å². The fourth-order valence-corrected chi connectivity index (χ4v) is 7.22. The normalized spacial score (nSPS) is 38.3. The Morgan fingerprint density at radius 3 is 1.55 bits per heavy atom. The molecule has 0 aliphatic carbocycles. The van der Waals surface area contributed by atoms with E-state index in [1.807, 2.05) is 15.0 Å². The standard InChI is InChI=1S/2C11H20N2O.C11H19N2O/c3*1-4-11(3)6-8-12-7-5-9(2)13(12)10(11)14/h2*9H,4-8H2,1-3H3;8-9H,4-7H2,1-3H3/q;;+1/t9-,11+;9-,11-;/m11./s1. The number of hydrogen-bond acceptors (Lipinski definition) is 5. The minimum absolute atomic E-state index is 0.102. The Kier molecular flexibility index (Phi) is 9.83. The van der Waals surface area contributed by atoms with Gasteiger partial charge in [0.1, 0.15) is 0 Å². The first-order chi connectivity index (χ1) is 19.7. The maximum absolute atomic E-state index is 12.3. The van der Waals surface area contributed by atoms with Crippen LogP contribution in [0.3, 0.4) is 0 Å². The van der Waals surface area contributed by atoms with E-state index in [9.17, 15) is 14.4 Å². The molecule has 42 heavy (non-hydrogen) atoms. The Hall–Kier alpha value is -2.00. The molecular formula is C33H59N6O3+. The quantitative estimate of drug-likeness (QED) is 0.447. The van der Waals surface area contributed by atoms with Crippen molar-refractivity contribution >= 4 is 23.9 Å². The lowest BCUT2D eigenvalue weighted by Gasteiger charge is -2.44. The van der Waals surface area contributed by atoms with Crippen LogP contribution in [0.4, 0.5) is 0 Å². The largest absolute Gasteiger partial charge is 0.284 e. The van der Waals surface area contributed by atoms with Crippen molar-refractivity contribution in [3.05, 3.63) is 0 Å². The fourth-order valence-electron chi connectivity index (χ4n) is 7.22. The number of nitrogens with zero attached hydrogens (tertiary/aromatic N) is 6. The smallest absolute Gasteiger partial charge is 0.273 e. The molecule has 6 heterocycles. The summed E-state index contributed by atoms with van der Waals surface area (Å²) in [5.41, 5.74) is -0.362. The minimum Gasteiger partial charge on any atom is -0.273 e. The van der Waals surface area contributed by atoms with Gasteiger partial charge in [0.25, 0.3) is 5.91 Å². The molecule has 0 radical (unpaired) electrons. The molecule has 0 aromatic rings. The highest BCUT2D eigenvalue weighted by molar-refractivity contribution is 5.86. The highest BCUT2D eigenvalue weighted by Crippen LogP contribution is 2.38. The third-order valence-electron chi connectivity index (χ3n) is 11.6. The van der Waals surface area contributed by atoms with Crippen LogP contribution in [0, 0.1) is 16.2 Å². The van der Waals surface area contributed by atoms with E-state index < -0.39 is 0 Å². The highest BCUT2D eigenvalue weighted by atomic mass is 16.2. The maximum Gasteiger partial charge on any atom is 0.284 e. The van der Waals surface area contributed by atoms with Crippen LogP contribution in [0.5, 0.6) is 0 Å². The van der Waals surface area contributed by atoms with Crippen LogP contribution < -0.4 is 0 Å². The molecule has 0 saturated carbocycles. The molecule has 0 bridgehead atoms. The lowest BCUT2D eigenvalue weighted by atomic mass is 9.81. The first kappa shape index (κ1) is 32.9. The highest BCUT2D eigenvalue weighted by Gasteiger charge is 2.49. The van der Waals surface area contributed by atoms with Crippen LogP contribution in [0.25, 0.3) is 0 Å². The second kappa shape index (κ2) is 12.5. The topological polar surface area (TPSA) is 70.4 Å². The van der Waals surface area contributed by atoms with E-state index >= 15 is 0 Å². The van der Waals surface area contributed by atoms with E-state index in [1.165, 1.54) is 0 Å². The van der Waals surface area contributed by atoms with Gasteiger partial charge in [-0.25, -0.2) is 10.0 Å². The molecule has 9 heteroatoms. The van der Waals surface area contributed by atoms with E-state index in [-0.39, 0.29) is 16.2 Å². The van der Waals surface area contributed by atoms with Crippen LogP contribution in [-0.2, 0) is 14.4 Å². The molecule has 6 atom stereocenters. The number of hydrazone groups is 1. The summed E-state index contributed by atoms with van der Waals surface area (Å²) in [5, 5.41) is 10.4. The second-order valence-electron chi connectivity index (χ2n) is 14.6. The molecule has 2 unspecified atom stereocenters. The van der Waals surface area contributed by atoms with E-state index in [4.69, 9.17) is 0 Å². The number of amides is 3. The van der Waals surface area contributed by atoms with Crippen molar-refractivity contribution in [1.29, 1.82) is 0 Å². The van der Waals surface area contributed by atoms with E-state index in [0.717, 1.165) is 90.5 Å². The van der Waals surface area contributed by atoms with E-state index in [0.29, 0.717) is 35.8 Å². The predicted molar refractivity (Wildman–Crippen MR) is 166 cm³/mol. The van der Waals surface area contributed by atoms with Crippen molar-refractivity contribution in [3.63, 3.8) is 0 Å². The van der Waals surface area contributed by atoms with Gasteiger partial charge in [-0.1, -0.05) is 41.5 Å². The van der Waals surface area contributed by atoms with Gasteiger partial charge in [0.05, 0.1) is 11.5 Å². The Morgan fingerprint density at radius 2 is 1.12 bits per heavy atom. The van der Waals surface area contributed by atoms with Crippen molar-refractivity contribution in [2.45, 2.75) is 138 Å². The van der Waals surface area contributed by atoms with Gasteiger partial charge < -0.3 is 0 Å². The number of fused-ring (bicyclic) bond motifs is 3. The zero-order valence-corrected chi connectivity index (χ0v) is 28.1. The second-order valence-corrected chi connectivity index (χ2v) is 14.6. The average Bonchev–Trinajstić information content (AvgIpc) is 3.68. The molecule has 6 rings (SSSR count). The number of hydrogen-bond donors (Lipinski definition) is 0. The van der Waals surface area contributed by atoms with Gasteiger partial charge in [-0.15, -0.1) is 9.69 Å². The van der Waals surface area contributed by atoms with E-state index in [2.05, 4.69) is 83.2 Å². The van der Waals surface area contributed by atoms with Gasteiger partial charge in [-0.05, 0) is 65.7 Å². The van der Waals surface area contributed by atoms with Crippen LogP contribution in [0.1, 0.15) is 120 Å². The number of carbonyl (C=O) groups excluding carboxylic acids is 3. The predicted octanol–water partition coefficient (Wildman–Crippen LogP) is 4.71. The molecule has 238 valence electrons. The molecule has 5 saturated heterocycles. The average molecular weight is 588 g/mol. The van der Waals surface area contributed by atoms with Crippen molar-refractivity contribution in [2.75, 3.05) is 32.7 Å². The molecule has 0 N–H and O–H groups in total. The van der Waals surface area contributed by atoms with Crippen LogP contribution in [0.15, 0.2) is 0 Å². The first-order valence-electron chi connectivity index (χ1n) is 16.9. The third kappa shape index (κ3) is 5.89. The summed E-state index contributed by atoms with van der Waals surface area (Å²) in [6.45, 7) is 24.3. The van der Waals surface area contributed by atoms with Crippen molar-refractivity contribution in [3.8, 4) is 0 Å². The van der Waals surface area contributed by atoms with Crippen LogP contribution in [0.2, 0.25) is 0 Å². The van der Waals surface area contributed by atoms with Crippen LogP contribution >= 0.6 is 0 Å². The SMILES string of the molecule is CCC1(C)CC=[N+]2CCC(C)N2C1=O.CC[C@@]1(C)CCN2CC[C@@H](C)N2C1=O.CC[C@]1(C)CCN2CC[C@@H](C)N2C1=O. The number of hydrazine groups is 3. The summed E-state index contributed by atoms with van der Waals surface area (Å²) in [7, 11) is 0. The van der Waals surface area contributed by atoms with Gasteiger partial charge in [-0.3, -0.25) is 24.4 Å². The van der Waals surface area contributed by atoms with Gasteiger partial charge >= 0.3 is 0 Å². The summed E-state index contributed by atoms with van der Waals surface area (Å²) < 4.78 is 2.10. The summed E-state index contributed by atoms with van der Waals surface area (Å²) >= 11 is 0. The Morgan fingerprint density at radius 1 is 0.667 bits per heavy atom. The molecule has 0 aromatic carbocycles. The molecule has 0 aromatic heterocycles. The molecule has 6 aliphatic heterocycles. The van der Waals surface area contributed by atoms with Crippen LogP contribution in [-0.4, -0.2) is 105 Å². The maximum atomic E-state index is 12.3. The fraction of sp³-hybridized carbons (Fsp3) is 0.879. The summed E-state index contributed by atoms with van der Waals surface area (Å²) in [5.74, 6) is 1.00. The molecular weight excluding hydrogens is 528 g/mol. The number of carbonyl (C=O) groups is 3. The summed E-state index contributed by atoms with van der Waals surface area (Å²) in [6, 6.07) is 1.20. The third-order valence-corrected chi connectivity index (χ3v) is 11.6. The molecule has 6 aliphatic rings. The van der Waals surface area contributed by atoms with Crippen molar-refractivity contribution in [1.82, 2.24) is 25.0 Å². The summed E-state index contributed by atoms with van der Waals surface area (Å²) in [6.07, 6.45) is 11.3. The monoisotopic (exact) mass is 587 g/mol. The zero-order chi connectivity index (χ0) is 31.0. The zero-order valence-electron chi connectivity index (χ0n) is 28.1. The van der Waals surface area contributed by atoms with Crippen molar-refractivity contribution in [2.24, 2.45) is 16.2 Å².